The van der Waals surface area contributed by atoms with E-state index in [1.807, 2.05) is 0 Å². The molecule has 1 aromatic heterocycles. The number of nitrogens with zero attached hydrogens (tertiary/aromatic N) is 1. The van der Waals surface area contributed by atoms with Gasteiger partial charge in [0, 0.05) is 25.8 Å². The van der Waals surface area contributed by atoms with Gasteiger partial charge in [-0.05, 0) is 11.5 Å². The van der Waals surface area contributed by atoms with Crippen LogP contribution in [0.25, 0.3) is 11.3 Å². The van der Waals surface area contributed by atoms with Crippen molar-refractivity contribution in [2.75, 3.05) is 20.3 Å². The summed E-state index contributed by atoms with van der Waals surface area (Å²) in [5.41, 5.74) is 3.32. The van der Waals surface area contributed by atoms with Crippen LogP contribution in [0, 0.1) is 0 Å². The van der Waals surface area contributed by atoms with Gasteiger partial charge >= 0.3 is 0 Å². The van der Waals surface area contributed by atoms with Crippen LogP contribution in [0.4, 0.5) is 0 Å². The fourth-order valence-electron chi connectivity index (χ4n) is 2.03. The van der Waals surface area contributed by atoms with Gasteiger partial charge in [-0.3, -0.25) is 0 Å². The van der Waals surface area contributed by atoms with Gasteiger partial charge in [-0.15, -0.1) is 0 Å². The molecular formula is C16H22N2O2. The van der Waals surface area contributed by atoms with Gasteiger partial charge in [0.25, 0.3) is 0 Å². The monoisotopic (exact) mass is 274 g/mol. The maximum atomic E-state index is 5.53. The average Bonchev–Trinajstić information content (AvgIpc) is 2.92. The normalized spacial score (nSPS) is 11.2. The van der Waals surface area contributed by atoms with E-state index in [1.165, 1.54) is 12.0 Å². The van der Waals surface area contributed by atoms with Crippen LogP contribution in [0.15, 0.2) is 35.1 Å². The van der Waals surface area contributed by atoms with Crippen LogP contribution in [-0.4, -0.2) is 25.2 Å². The largest absolute Gasteiger partial charge is 0.443 e. The molecule has 0 saturated carbocycles. The third-order valence-corrected chi connectivity index (χ3v) is 3.26. The Morgan fingerprint density at radius 3 is 2.65 bits per heavy atom. The Morgan fingerprint density at radius 2 is 2.00 bits per heavy atom. The molecule has 0 spiro atoms. The molecule has 0 aliphatic carbocycles. The summed E-state index contributed by atoms with van der Waals surface area (Å²) in [6.07, 6.45) is 1.50. The van der Waals surface area contributed by atoms with E-state index in [-0.39, 0.29) is 0 Å². The van der Waals surface area contributed by atoms with Gasteiger partial charge in [0.05, 0.1) is 6.61 Å². The lowest BCUT2D eigenvalue weighted by Crippen LogP contribution is -2.19. The molecule has 4 nitrogen and oxygen atoms in total. The lowest BCUT2D eigenvalue weighted by molar-refractivity contribution is 0.199. The number of oxazole rings is 1. The number of hydrogen-bond donors (Lipinski definition) is 1. The van der Waals surface area contributed by atoms with Crippen molar-refractivity contribution in [2.45, 2.75) is 26.3 Å². The van der Waals surface area contributed by atoms with E-state index in [1.54, 1.807) is 7.11 Å². The number of hydrogen-bond acceptors (Lipinski definition) is 4. The Bertz CT molecular complexity index is 518. The SMILES string of the molecule is COCCNCc1ncoc1-c1ccc(C(C)C)cc1. The molecular weight excluding hydrogens is 252 g/mol. The summed E-state index contributed by atoms with van der Waals surface area (Å²) in [5, 5.41) is 3.28. The van der Waals surface area contributed by atoms with E-state index in [2.05, 4.69) is 48.4 Å². The van der Waals surface area contributed by atoms with Crippen molar-refractivity contribution in [1.82, 2.24) is 10.3 Å². The number of aromatic nitrogens is 1. The summed E-state index contributed by atoms with van der Waals surface area (Å²) in [5.74, 6) is 1.37. The highest BCUT2D eigenvalue weighted by molar-refractivity contribution is 5.60. The van der Waals surface area contributed by atoms with Crippen LogP contribution in [0.2, 0.25) is 0 Å². The summed E-state index contributed by atoms with van der Waals surface area (Å²) >= 11 is 0. The molecule has 2 aromatic rings. The highest BCUT2D eigenvalue weighted by Gasteiger charge is 2.10. The minimum atomic E-state index is 0.536. The maximum Gasteiger partial charge on any atom is 0.181 e. The van der Waals surface area contributed by atoms with E-state index in [9.17, 15) is 0 Å². The van der Waals surface area contributed by atoms with Gasteiger partial charge in [-0.25, -0.2) is 4.98 Å². The van der Waals surface area contributed by atoms with E-state index >= 15 is 0 Å². The molecule has 2 rings (SSSR count). The second-order valence-corrected chi connectivity index (χ2v) is 5.07. The zero-order valence-electron chi connectivity index (χ0n) is 12.3. The second-order valence-electron chi connectivity index (χ2n) is 5.07. The fraction of sp³-hybridized carbons (Fsp3) is 0.438. The molecule has 0 bridgehead atoms. The highest BCUT2D eigenvalue weighted by atomic mass is 16.5. The smallest absolute Gasteiger partial charge is 0.181 e. The van der Waals surface area contributed by atoms with Gasteiger partial charge < -0.3 is 14.5 Å². The Balaban J connectivity index is 2.07. The molecule has 108 valence electrons. The number of methoxy groups -OCH3 is 1. The van der Waals surface area contributed by atoms with Crippen molar-refractivity contribution in [3.05, 3.63) is 41.9 Å². The third-order valence-electron chi connectivity index (χ3n) is 3.26. The first-order valence-corrected chi connectivity index (χ1v) is 6.94. The quantitative estimate of drug-likeness (QED) is 0.788. The Kier molecular flexibility index (Phi) is 5.32. The van der Waals surface area contributed by atoms with Gasteiger partial charge in [0.15, 0.2) is 12.2 Å². The number of nitrogens with one attached hydrogen (secondary N) is 1. The van der Waals surface area contributed by atoms with Crippen LogP contribution in [-0.2, 0) is 11.3 Å². The standard InChI is InChI=1S/C16H22N2O2/c1-12(2)13-4-6-14(7-5-13)16-15(18-11-20-16)10-17-8-9-19-3/h4-7,11-12,17H,8-10H2,1-3H3. The Labute approximate surface area is 120 Å². The van der Waals surface area contributed by atoms with Gasteiger partial charge in [0.1, 0.15) is 5.69 Å². The van der Waals surface area contributed by atoms with Crippen molar-refractivity contribution in [1.29, 1.82) is 0 Å². The van der Waals surface area contributed by atoms with Crippen LogP contribution in [0.5, 0.6) is 0 Å². The molecule has 0 aliphatic heterocycles. The van der Waals surface area contributed by atoms with E-state index in [0.717, 1.165) is 23.6 Å². The van der Waals surface area contributed by atoms with Crippen LogP contribution >= 0.6 is 0 Å². The molecule has 20 heavy (non-hydrogen) atoms. The fourth-order valence-corrected chi connectivity index (χ4v) is 2.03. The summed E-state index contributed by atoms with van der Waals surface area (Å²) < 4.78 is 10.5. The third kappa shape index (κ3) is 3.68. The first-order chi connectivity index (χ1) is 9.72. The van der Waals surface area contributed by atoms with Crippen molar-refractivity contribution in [3.8, 4) is 11.3 Å². The van der Waals surface area contributed by atoms with E-state index in [0.29, 0.717) is 19.1 Å². The number of ether oxygens (including phenoxy) is 1. The minimum Gasteiger partial charge on any atom is -0.443 e. The molecule has 4 heteroatoms. The van der Waals surface area contributed by atoms with Crippen molar-refractivity contribution < 1.29 is 9.15 Å². The summed E-state index contributed by atoms with van der Waals surface area (Å²) in [7, 11) is 1.69. The zero-order valence-corrected chi connectivity index (χ0v) is 12.3. The summed E-state index contributed by atoms with van der Waals surface area (Å²) in [6, 6.07) is 8.47. The minimum absolute atomic E-state index is 0.536. The highest BCUT2D eigenvalue weighted by Crippen LogP contribution is 2.25. The molecule has 0 fully saturated rings. The lowest BCUT2D eigenvalue weighted by atomic mass is 10.0. The molecule has 0 radical (unpaired) electrons. The van der Waals surface area contributed by atoms with Gasteiger partial charge in [0.2, 0.25) is 0 Å². The first kappa shape index (κ1) is 14.8. The summed E-state index contributed by atoms with van der Waals surface area (Å²) in [6.45, 7) is 6.55. The topological polar surface area (TPSA) is 47.3 Å². The molecule has 0 amide bonds. The molecule has 0 atom stereocenters. The van der Waals surface area contributed by atoms with Crippen molar-refractivity contribution in [2.24, 2.45) is 0 Å². The van der Waals surface area contributed by atoms with E-state index < -0.39 is 0 Å². The predicted octanol–water partition coefficient (Wildman–Crippen LogP) is 3.20. The Hall–Kier alpha value is -1.65. The lowest BCUT2D eigenvalue weighted by Gasteiger charge is -2.07. The molecule has 0 unspecified atom stereocenters. The van der Waals surface area contributed by atoms with Crippen molar-refractivity contribution in [3.63, 3.8) is 0 Å². The van der Waals surface area contributed by atoms with E-state index in [4.69, 9.17) is 9.15 Å². The number of rotatable bonds is 7. The predicted molar refractivity (Wildman–Crippen MR) is 79.6 cm³/mol. The van der Waals surface area contributed by atoms with Crippen LogP contribution in [0.1, 0.15) is 31.0 Å². The molecule has 1 aromatic carbocycles. The molecule has 0 aliphatic rings. The zero-order chi connectivity index (χ0) is 14.4. The van der Waals surface area contributed by atoms with Crippen molar-refractivity contribution >= 4 is 0 Å². The van der Waals surface area contributed by atoms with Gasteiger partial charge in [-0.1, -0.05) is 38.1 Å². The van der Waals surface area contributed by atoms with Gasteiger partial charge in [-0.2, -0.15) is 0 Å². The number of benzene rings is 1. The van der Waals surface area contributed by atoms with Crippen LogP contribution in [0.3, 0.4) is 0 Å². The second kappa shape index (κ2) is 7.22. The maximum absolute atomic E-state index is 5.53. The molecule has 1 heterocycles. The summed E-state index contributed by atoms with van der Waals surface area (Å²) in [4.78, 5) is 4.28. The first-order valence-electron chi connectivity index (χ1n) is 6.94. The molecule has 1 N–H and O–H groups in total. The molecule has 0 saturated heterocycles. The van der Waals surface area contributed by atoms with Crippen LogP contribution < -0.4 is 5.32 Å². The average molecular weight is 274 g/mol. The Morgan fingerprint density at radius 1 is 1.25 bits per heavy atom.